The molecule has 1 aliphatic heterocycles. The van der Waals surface area contributed by atoms with Crippen molar-refractivity contribution in [2.75, 3.05) is 26.7 Å². The molecule has 0 atom stereocenters. The number of rotatable bonds is 4. The lowest BCUT2D eigenvalue weighted by atomic mass is 10.2. The molecule has 6 nitrogen and oxygen atoms in total. The monoisotopic (exact) mass is 347 g/mol. The van der Waals surface area contributed by atoms with E-state index >= 15 is 0 Å². The first-order valence-corrected chi connectivity index (χ1v) is 7.18. The minimum atomic E-state index is -0.472. The SMILES string of the molecule is CN=CC(Br)=C(N)COC1CN(C(=O)OC(C)(C)C)C1. The van der Waals surface area contributed by atoms with E-state index < -0.39 is 5.60 Å². The molecule has 7 heteroatoms. The molecule has 0 radical (unpaired) electrons. The van der Waals surface area contributed by atoms with Gasteiger partial charge in [0.1, 0.15) is 5.60 Å². The minimum absolute atomic E-state index is 0.0000614. The molecular formula is C13H22BrN3O3. The first-order chi connectivity index (χ1) is 9.23. The second kappa shape index (κ2) is 7.08. The Morgan fingerprint density at radius 1 is 1.50 bits per heavy atom. The number of allylic oxidation sites excluding steroid dienone is 1. The van der Waals surface area contributed by atoms with Gasteiger partial charge in [0, 0.05) is 13.3 Å². The summed E-state index contributed by atoms with van der Waals surface area (Å²) in [6.07, 6.45) is 1.31. The van der Waals surface area contributed by atoms with Crippen LogP contribution < -0.4 is 5.73 Å². The van der Waals surface area contributed by atoms with Crippen LogP contribution in [0, 0.1) is 0 Å². The van der Waals surface area contributed by atoms with E-state index in [0.29, 0.717) is 29.9 Å². The lowest BCUT2D eigenvalue weighted by Crippen LogP contribution is -2.56. The Morgan fingerprint density at radius 2 is 2.10 bits per heavy atom. The van der Waals surface area contributed by atoms with Crippen LogP contribution in [0.5, 0.6) is 0 Å². The fourth-order valence-corrected chi connectivity index (χ4v) is 1.81. The Kier molecular flexibility index (Phi) is 6.01. The molecule has 0 aromatic heterocycles. The third-order valence-electron chi connectivity index (χ3n) is 2.52. The van der Waals surface area contributed by atoms with Crippen LogP contribution in [0.3, 0.4) is 0 Å². The standard InChI is InChI=1S/C13H22BrN3O3/c1-13(2,3)20-12(18)17-6-9(7-17)19-8-11(15)10(14)5-16-4/h5,9H,6-8,15H2,1-4H3. The molecule has 1 rings (SSSR count). The number of carbonyl (C=O) groups is 1. The maximum atomic E-state index is 11.7. The summed E-state index contributed by atoms with van der Waals surface area (Å²) in [7, 11) is 1.67. The van der Waals surface area contributed by atoms with Crippen molar-refractivity contribution in [1.82, 2.24) is 4.90 Å². The van der Waals surface area contributed by atoms with E-state index in [2.05, 4.69) is 20.9 Å². The number of nitrogens with zero attached hydrogens (tertiary/aromatic N) is 2. The van der Waals surface area contributed by atoms with Gasteiger partial charge in [0.25, 0.3) is 0 Å². The van der Waals surface area contributed by atoms with Gasteiger partial charge in [0.2, 0.25) is 0 Å². The summed E-state index contributed by atoms with van der Waals surface area (Å²) < 4.78 is 11.6. The van der Waals surface area contributed by atoms with Gasteiger partial charge in [-0.25, -0.2) is 4.79 Å². The average Bonchev–Trinajstić information content (AvgIpc) is 2.24. The molecule has 1 amide bonds. The molecular weight excluding hydrogens is 326 g/mol. The van der Waals surface area contributed by atoms with E-state index in [1.807, 2.05) is 20.8 Å². The van der Waals surface area contributed by atoms with Crippen LogP contribution >= 0.6 is 15.9 Å². The lowest BCUT2D eigenvalue weighted by Gasteiger charge is -2.39. The van der Waals surface area contributed by atoms with Crippen LogP contribution in [0.1, 0.15) is 20.8 Å². The zero-order valence-corrected chi connectivity index (χ0v) is 13.9. The molecule has 0 spiro atoms. The summed E-state index contributed by atoms with van der Waals surface area (Å²) in [6, 6.07) is 0. The van der Waals surface area contributed by atoms with Gasteiger partial charge in [-0.15, -0.1) is 0 Å². The quantitative estimate of drug-likeness (QED) is 0.787. The van der Waals surface area contributed by atoms with Gasteiger partial charge < -0.3 is 20.1 Å². The van der Waals surface area contributed by atoms with Gasteiger partial charge in [-0.3, -0.25) is 4.99 Å². The molecule has 0 bridgehead atoms. The predicted molar refractivity (Wildman–Crippen MR) is 82.1 cm³/mol. The van der Waals surface area contributed by atoms with E-state index in [-0.39, 0.29) is 12.2 Å². The fraction of sp³-hybridized carbons (Fsp3) is 0.692. The summed E-state index contributed by atoms with van der Waals surface area (Å²) >= 11 is 3.30. The van der Waals surface area contributed by atoms with Crippen molar-refractivity contribution in [3.8, 4) is 0 Å². The molecule has 0 aromatic rings. The van der Waals surface area contributed by atoms with Crippen LogP contribution in [-0.2, 0) is 9.47 Å². The largest absolute Gasteiger partial charge is 0.444 e. The molecule has 1 saturated heterocycles. The highest BCUT2D eigenvalue weighted by Gasteiger charge is 2.34. The molecule has 0 unspecified atom stereocenters. The number of halogens is 1. The summed E-state index contributed by atoms with van der Waals surface area (Å²) in [6.45, 7) is 6.90. The topological polar surface area (TPSA) is 77.2 Å². The van der Waals surface area contributed by atoms with E-state index in [0.717, 1.165) is 0 Å². The molecule has 1 aliphatic rings. The number of aliphatic imine (C=N–C) groups is 1. The number of nitrogens with two attached hydrogens (primary N) is 1. The Balaban J connectivity index is 2.29. The molecule has 1 fully saturated rings. The molecule has 1 heterocycles. The van der Waals surface area contributed by atoms with E-state index in [9.17, 15) is 4.79 Å². The van der Waals surface area contributed by atoms with Gasteiger partial charge >= 0.3 is 6.09 Å². The van der Waals surface area contributed by atoms with Crippen molar-refractivity contribution < 1.29 is 14.3 Å². The highest BCUT2D eigenvalue weighted by Crippen LogP contribution is 2.17. The van der Waals surface area contributed by atoms with Crippen molar-refractivity contribution in [3.63, 3.8) is 0 Å². The smallest absolute Gasteiger partial charge is 0.410 e. The summed E-state index contributed by atoms with van der Waals surface area (Å²) in [5.41, 5.74) is 5.92. The maximum absolute atomic E-state index is 11.7. The second-order valence-corrected chi connectivity index (χ2v) is 6.43. The zero-order valence-electron chi connectivity index (χ0n) is 12.4. The minimum Gasteiger partial charge on any atom is -0.444 e. The Hall–Kier alpha value is -1.08. The molecule has 20 heavy (non-hydrogen) atoms. The Labute approximate surface area is 128 Å². The fourth-order valence-electron chi connectivity index (χ4n) is 1.49. The van der Waals surface area contributed by atoms with Gasteiger partial charge in [-0.2, -0.15) is 0 Å². The van der Waals surface area contributed by atoms with E-state index in [4.69, 9.17) is 15.2 Å². The third kappa shape index (κ3) is 5.50. The number of ether oxygens (including phenoxy) is 2. The molecule has 0 saturated carbocycles. The van der Waals surface area contributed by atoms with Gasteiger partial charge in [0.15, 0.2) is 0 Å². The van der Waals surface area contributed by atoms with Gasteiger partial charge in [0.05, 0.1) is 36.0 Å². The summed E-state index contributed by atoms with van der Waals surface area (Å²) in [5, 5.41) is 0. The normalized spacial score (nSPS) is 17.9. The number of hydrogen-bond donors (Lipinski definition) is 1. The third-order valence-corrected chi connectivity index (χ3v) is 3.24. The van der Waals surface area contributed by atoms with Gasteiger partial charge in [-0.05, 0) is 36.7 Å². The van der Waals surface area contributed by atoms with Crippen molar-refractivity contribution in [2.24, 2.45) is 10.7 Å². The first-order valence-electron chi connectivity index (χ1n) is 6.38. The van der Waals surface area contributed by atoms with Crippen molar-refractivity contribution in [3.05, 3.63) is 10.2 Å². The zero-order chi connectivity index (χ0) is 15.3. The van der Waals surface area contributed by atoms with Gasteiger partial charge in [-0.1, -0.05) is 0 Å². The Morgan fingerprint density at radius 3 is 2.60 bits per heavy atom. The van der Waals surface area contributed by atoms with Crippen molar-refractivity contribution >= 4 is 28.2 Å². The summed E-state index contributed by atoms with van der Waals surface area (Å²) in [4.78, 5) is 17.2. The lowest BCUT2D eigenvalue weighted by molar-refractivity contribution is -0.0573. The second-order valence-electron chi connectivity index (χ2n) is 5.58. The number of amides is 1. The number of carbonyl (C=O) groups excluding carboxylic acids is 1. The van der Waals surface area contributed by atoms with Crippen LogP contribution in [0.2, 0.25) is 0 Å². The average molecular weight is 348 g/mol. The summed E-state index contributed by atoms with van der Waals surface area (Å²) in [5.74, 6) is 0. The highest BCUT2D eigenvalue weighted by atomic mass is 79.9. The number of likely N-dealkylation sites (tertiary alicyclic amines) is 1. The predicted octanol–water partition coefficient (Wildman–Crippen LogP) is 1.89. The van der Waals surface area contributed by atoms with Crippen molar-refractivity contribution in [1.29, 1.82) is 0 Å². The van der Waals surface area contributed by atoms with Crippen molar-refractivity contribution in [2.45, 2.75) is 32.5 Å². The molecule has 114 valence electrons. The maximum Gasteiger partial charge on any atom is 0.410 e. The van der Waals surface area contributed by atoms with E-state index in [1.165, 1.54) is 0 Å². The van der Waals surface area contributed by atoms with E-state index in [1.54, 1.807) is 18.2 Å². The molecule has 0 aromatic carbocycles. The van der Waals surface area contributed by atoms with Crippen LogP contribution in [0.25, 0.3) is 0 Å². The van der Waals surface area contributed by atoms with Crippen LogP contribution in [-0.4, -0.2) is 55.7 Å². The van der Waals surface area contributed by atoms with Crippen LogP contribution in [0.4, 0.5) is 4.79 Å². The number of hydrogen-bond acceptors (Lipinski definition) is 5. The van der Waals surface area contributed by atoms with Crippen LogP contribution in [0.15, 0.2) is 15.2 Å². The Bertz CT molecular complexity index is 410. The first kappa shape index (κ1) is 17.0. The molecule has 2 N–H and O–H groups in total. The highest BCUT2D eigenvalue weighted by molar-refractivity contribution is 9.12. The molecule has 0 aliphatic carbocycles.